The summed E-state index contributed by atoms with van der Waals surface area (Å²) in [5, 5.41) is 13.8. The summed E-state index contributed by atoms with van der Waals surface area (Å²) < 4.78 is 2.00. The summed E-state index contributed by atoms with van der Waals surface area (Å²) in [5.74, 6) is -1.51. The number of thiocarbonyl (C=S) groups is 1. The van der Waals surface area contributed by atoms with E-state index in [1.807, 2.05) is 67.7 Å². The fraction of sp³-hybridized carbons (Fsp3) is 0.0909. The Morgan fingerprint density at radius 1 is 1.17 bits per heavy atom. The number of hydrogen-bond acceptors (Lipinski definition) is 5. The van der Waals surface area contributed by atoms with Gasteiger partial charge in [-0.3, -0.25) is 14.5 Å². The summed E-state index contributed by atoms with van der Waals surface area (Å²) >= 11 is 6.29. The maximum absolute atomic E-state index is 12.7. The number of carboxylic acid groups (broad SMARTS) is 1. The minimum atomic E-state index is -1.11. The minimum Gasteiger partial charge on any atom is -0.480 e. The highest BCUT2D eigenvalue weighted by atomic mass is 32.2. The van der Waals surface area contributed by atoms with E-state index in [2.05, 4.69) is 0 Å². The lowest BCUT2D eigenvalue weighted by molar-refractivity contribution is -0.140. The van der Waals surface area contributed by atoms with Crippen molar-refractivity contribution >= 4 is 46.3 Å². The van der Waals surface area contributed by atoms with Gasteiger partial charge in [0, 0.05) is 17.3 Å². The largest absolute Gasteiger partial charge is 0.480 e. The molecule has 1 aliphatic heterocycles. The zero-order chi connectivity index (χ0) is 21.3. The first-order valence-corrected chi connectivity index (χ1v) is 10.3. The molecule has 8 heteroatoms. The third-order valence-electron chi connectivity index (χ3n) is 4.54. The van der Waals surface area contributed by atoms with E-state index in [0.29, 0.717) is 4.91 Å². The van der Waals surface area contributed by atoms with E-state index in [4.69, 9.17) is 22.4 Å². The number of carbonyl (C=O) groups excluding carboxylic acids is 1. The van der Waals surface area contributed by atoms with Crippen molar-refractivity contribution in [3.8, 4) is 16.9 Å². The van der Waals surface area contributed by atoms with Gasteiger partial charge in [-0.2, -0.15) is 5.10 Å². The number of nitrogens with zero attached hydrogens (tertiary/aromatic N) is 3. The number of amides is 1. The van der Waals surface area contributed by atoms with Crippen molar-refractivity contribution < 1.29 is 14.7 Å². The van der Waals surface area contributed by atoms with Crippen LogP contribution in [-0.2, 0) is 9.59 Å². The van der Waals surface area contributed by atoms with Crippen molar-refractivity contribution in [1.29, 1.82) is 0 Å². The molecule has 6 nitrogen and oxygen atoms in total. The van der Waals surface area contributed by atoms with Crippen molar-refractivity contribution in [3.05, 3.63) is 76.8 Å². The van der Waals surface area contributed by atoms with Gasteiger partial charge in [0.05, 0.1) is 16.3 Å². The molecule has 1 aliphatic rings. The Balaban J connectivity index is 1.78. The summed E-state index contributed by atoms with van der Waals surface area (Å²) in [6.45, 7) is 1.57. The Labute approximate surface area is 182 Å². The lowest BCUT2D eigenvalue weighted by Crippen LogP contribution is -2.33. The van der Waals surface area contributed by atoms with Crippen LogP contribution < -0.4 is 0 Å². The highest BCUT2D eigenvalue weighted by Gasteiger charge is 2.33. The van der Waals surface area contributed by atoms with Crippen LogP contribution in [0.5, 0.6) is 0 Å². The number of aliphatic carboxylic acids is 1. The molecule has 2 aromatic carbocycles. The molecule has 1 fully saturated rings. The molecule has 0 bridgehead atoms. The van der Waals surface area contributed by atoms with Crippen LogP contribution in [0.3, 0.4) is 0 Å². The van der Waals surface area contributed by atoms with Gasteiger partial charge in [-0.1, -0.05) is 72.0 Å². The average molecular weight is 436 g/mol. The van der Waals surface area contributed by atoms with E-state index in [1.165, 1.54) is 0 Å². The summed E-state index contributed by atoms with van der Waals surface area (Å²) in [7, 11) is 0. The fourth-order valence-electron chi connectivity index (χ4n) is 3.05. The molecule has 0 radical (unpaired) electrons. The zero-order valence-electron chi connectivity index (χ0n) is 16.0. The van der Waals surface area contributed by atoms with E-state index >= 15 is 0 Å². The van der Waals surface area contributed by atoms with Crippen LogP contribution in [-0.4, -0.2) is 42.5 Å². The summed E-state index contributed by atoms with van der Waals surface area (Å²) in [4.78, 5) is 25.2. The van der Waals surface area contributed by atoms with E-state index < -0.39 is 18.4 Å². The molecule has 3 aromatic rings. The second kappa shape index (κ2) is 8.25. The molecule has 1 N–H and O–H groups in total. The van der Waals surface area contributed by atoms with Gasteiger partial charge in [-0.05, 0) is 25.1 Å². The van der Waals surface area contributed by atoms with Gasteiger partial charge >= 0.3 is 5.97 Å². The first-order chi connectivity index (χ1) is 14.4. The molecule has 30 heavy (non-hydrogen) atoms. The first kappa shape index (κ1) is 20.1. The van der Waals surface area contributed by atoms with E-state index in [9.17, 15) is 9.59 Å². The fourth-order valence-corrected chi connectivity index (χ4v) is 4.30. The summed E-state index contributed by atoms with van der Waals surface area (Å²) in [5.41, 5.74) is 4.42. The predicted octanol–water partition coefficient (Wildman–Crippen LogP) is 4.13. The Kier molecular flexibility index (Phi) is 5.52. The average Bonchev–Trinajstić information content (AvgIpc) is 3.26. The maximum atomic E-state index is 12.7. The van der Waals surface area contributed by atoms with Crippen LogP contribution >= 0.6 is 24.0 Å². The van der Waals surface area contributed by atoms with Crippen molar-refractivity contribution in [1.82, 2.24) is 14.7 Å². The molecule has 150 valence electrons. The second-order valence-electron chi connectivity index (χ2n) is 6.74. The highest BCUT2D eigenvalue weighted by molar-refractivity contribution is 8.26. The van der Waals surface area contributed by atoms with Crippen molar-refractivity contribution in [3.63, 3.8) is 0 Å². The van der Waals surface area contributed by atoms with Crippen molar-refractivity contribution in [2.45, 2.75) is 6.92 Å². The van der Waals surface area contributed by atoms with Gasteiger partial charge < -0.3 is 5.11 Å². The van der Waals surface area contributed by atoms with E-state index in [1.54, 1.807) is 10.8 Å². The molecule has 0 saturated carbocycles. The summed E-state index contributed by atoms with van der Waals surface area (Å²) in [6.07, 6.45) is 3.58. The molecule has 1 saturated heterocycles. The van der Waals surface area contributed by atoms with Gasteiger partial charge in [-0.15, -0.1) is 0 Å². The number of rotatable bonds is 5. The third kappa shape index (κ3) is 4.05. The number of carboxylic acids is 1. The molecule has 2 heterocycles. The van der Waals surface area contributed by atoms with Gasteiger partial charge in [0.1, 0.15) is 10.9 Å². The topological polar surface area (TPSA) is 75.4 Å². The van der Waals surface area contributed by atoms with E-state index in [-0.39, 0.29) is 4.32 Å². The number of aromatic nitrogens is 2. The molecule has 1 amide bonds. The van der Waals surface area contributed by atoms with Crippen LogP contribution in [0.25, 0.3) is 23.0 Å². The monoisotopic (exact) mass is 435 g/mol. The number of thioether (sulfide) groups is 1. The first-order valence-electron chi connectivity index (χ1n) is 9.11. The Bertz CT molecular complexity index is 1170. The van der Waals surface area contributed by atoms with Gasteiger partial charge in [0.25, 0.3) is 5.91 Å². The number of benzene rings is 2. The molecule has 0 aliphatic carbocycles. The molecular formula is C22H17N3O3S2. The molecule has 0 spiro atoms. The lowest BCUT2D eigenvalue weighted by Gasteiger charge is -2.10. The van der Waals surface area contributed by atoms with Gasteiger partial charge in [-0.25, -0.2) is 4.68 Å². The van der Waals surface area contributed by atoms with Crippen LogP contribution in [0.15, 0.2) is 65.7 Å². The minimum absolute atomic E-state index is 0.237. The van der Waals surface area contributed by atoms with Gasteiger partial charge in [0.15, 0.2) is 0 Å². The second-order valence-corrected chi connectivity index (χ2v) is 8.42. The lowest BCUT2D eigenvalue weighted by atomic mass is 10.1. The quantitative estimate of drug-likeness (QED) is 0.480. The Morgan fingerprint density at radius 3 is 2.53 bits per heavy atom. The van der Waals surface area contributed by atoms with Crippen LogP contribution in [0.2, 0.25) is 0 Å². The van der Waals surface area contributed by atoms with Gasteiger partial charge in [0.2, 0.25) is 0 Å². The number of hydrogen-bond donors (Lipinski definition) is 1. The van der Waals surface area contributed by atoms with Crippen LogP contribution in [0.4, 0.5) is 0 Å². The third-order valence-corrected chi connectivity index (χ3v) is 5.92. The standard InChI is InChI=1S/C22H17N3O3S2/c1-14-7-9-15(10-8-14)20-16(12-25(23-20)17-5-3-2-4-6-17)11-18-21(28)24(13-19(26)27)22(29)30-18/h2-12H,13H2,1H3,(H,26,27)/b18-11+. The predicted molar refractivity (Wildman–Crippen MR) is 121 cm³/mol. The number of aryl methyl sites for hydroxylation is 1. The maximum Gasteiger partial charge on any atom is 0.323 e. The smallest absolute Gasteiger partial charge is 0.323 e. The highest BCUT2D eigenvalue weighted by Crippen LogP contribution is 2.34. The van der Waals surface area contributed by atoms with Crippen molar-refractivity contribution in [2.75, 3.05) is 6.54 Å². The summed E-state index contributed by atoms with van der Waals surface area (Å²) in [6, 6.07) is 17.7. The Morgan fingerprint density at radius 2 is 1.87 bits per heavy atom. The molecule has 0 atom stereocenters. The number of carbonyl (C=O) groups is 2. The van der Waals surface area contributed by atoms with E-state index in [0.717, 1.165) is 44.7 Å². The molecule has 0 unspecified atom stereocenters. The molecule has 4 rings (SSSR count). The van der Waals surface area contributed by atoms with Crippen LogP contribution in [0.1, 0.15) is 11.1 Å². The Hall–Kier alpha value is -3.23. The van der Waals surface area contributed by atoms with Crippen molar-refractivity contribution in [2.24, 2.45) is 0 Å². The molecule has 1 aromatic heterocycles. The SMILES string of the molecule is Cc1ccc(-c2nn(-c3ccccc3)cc2/C=C2/SC(=S)N(CC(=O)O)C2=O)cc1. The zero-order valence-corrected chi connectivity index (χ0v) is 17.6. The normalized spacial score (nSPS) is 15.2. The van der Waals surface area contributed by atoms with Crippen LogP contribution in [0, 0.1) is 6.92 Å². The molecular weight excluding hydrogens is 418 g/mol. The number of para-hydroxylation sites is 1.